The van der Waals surface area contributed by atoms with Crippen LogP contribution in [0.3, 0.4) is 0 Å². The van der Waals surface area contributed by atoms with Crippen LogP contribution < -0.4 is 43.5 Å². The number of aryl methyl sites for hydroxylation is 1. The Morgan fingerprint density at radius 1 is 0.893 bits per heavy atom. The van der Waals surface area contributed by atoms with Crippen molar-refractivity contribution in [2.75, 3.05) is 0 Å². The molecule has 0 N–H and O–H groups in total. The number of benzene rings is 3. The first-order chi connectivity index (χ1) is 12.9. The fraction of sp³-hybridized carbons (Fsp3) is 0.0952. The van der Waals surface area contributed by atoms with Crippen LogP contribution in [0.1, 0.15) is 21.5 Å². The molecule has 5 nitrogen and oxygen atoms in total. The minimum Gasteiger partial charge on any atom is -0.736 e. The van der Waals surface area contributed by atoms with E-state index in [1.165, 1.54) is 24.3 Å². The molecule has 28 heavy (non-hydrogen) atoms. The second kappa shape index (κ2) is 10.1. The van der Waals surface area contributed by atoms with Crippen molar-refractivity contribution in [3.63, 3.8) is 0 Å². The minimum absolute atomic E-state index is 0. The third-order valence-corrected chi connectivity index (χ3v) is 4.75. The minimum atomic E-state index is -4.58. The molecular weight excluding hydrogens is 386 g/mol. The molecule has 0 fully saturated rings. The van der Waals surface area contributed by atoms with Gasteiger partial charge in [0.2, 0.25) is 0 Å². The van der Waals surface area contributed by atoms with Crippen LogP contribution in [0, 0.1) is 6.92 Å². The number of phosphoric acid groups is 1. The number of ketones is 1. The van der Waals surface area contributed by atoms with E-state index < -0.39 is 7.82 Å². The van der Waals surface area contributed by atoms with Gasteiger partial charge in [0, 0.05) is 12.0 Å². The van der Waals surface area contributed by atoms with Crippen LogP contribution in [-0.4, -0.2) is 5.78 Å². The first-order valence-corrected chi connectivity index (χ1v) is 9.82. The van der Waals surface area contributed by atoms with Gasteiger partial charge in [-0.05, 0) is 48.4 Å². The molecule has 1 unspecified atom stereocenters. The number of carbonyl (C=O) groups excluding carboxylic acids is 1. The van der Waals surface area contributed by atoms with Gasteiger partial charge in [0.15, 0.2) is 5.78 Å². The molecule has 7 heteroatoms. The van der Waals surface area contributed by atoms with Crippen molar-refractivity contribution in [2.24, 2.45) is 0 Å². The summed E-state index contributed by atoms with van der Waals surface area (Å²) in [7, 11) is -4.58. The van der Waals surface area contributed by atoms with Crippen LogP contribution in [0.4, 0.5) is 0 Å². The van der Waals surface area contributed by atoms with Gasteiger partial charge >= 0.3 is 37.4 Å². The quantitative estimate of drug-likeness (QED) is 0.338. The molecule has 0 aromatic heterocycles. The molecule has 3 aromatic rings. The summed E-state index contributed by atoms with van der Waals surface area (Å²) in [6.45, 7) is 1.73. The first kappa shape index (κ1) is 22.4. The summed E-state index contributed by atoms with van der Waals surface area (Å²) in [4.78, 5) is 24.5. The molecule has 0 aliphatic heterocycles. The van der Waals surface area contributed by atoms with Crippen molar-refractivity contribution in [3.05, 3.63) is 95.6 Å². The van der Waals surface area contributed by atoms with E-state index in [1.54, 1.807) is 31.2 Å². The smallest absolute Gasteiger partial charge is 0.736 e. The molecule has 3 rings (SSSR count). The number of rotatable bonds is 7. The molecule has 0 radical (unpaired) electrons. The molecule has 138 valence electrons. The zero-order chi connectivity index (χ0) is 19.3. The first-order valence-electron chi connectivity index (χ1n) is 8.36. The third kappa shape index (κ3) is 6.33. The van der Waals surface area contributed by atoms with E-state index in [1.807, 2.05) is 30.3 Å². The van der Waals surface area contributed by atoms with E-state index >= 15 is 0 Å². The SMILES string of the molecule is Cc1cc(OP(=O)([O-])Oc2ccccc2)ccc1C(=O)Cc1ccccc1.[Na+]. The monoisotopic (exact) mass is 404 g/mol. The Labute approximate surface area is 186 Å². The standard InChI is InChI=1S/C21H19O5P.Na/c1-16-14-19(26-27(23,24)25-18-10-6-3-7-11-18)12-13-20(16)21(22)15-17-8-4-2-5-9-17;/h2-14H,15H2,1H3,(H,23,24);/q;+1/p-1. The van der Waals surface area contributed by atoms with Gasteiger partial charge < -0.3 is 13.9 Å². The number of para-hydroxylation sites is 1. The average molecular weight is 404 g/mol. The number of hydrogen-bond acceptors (Lipinski definition) is 5. The Morgan fingerprint density at radius 3 is 2.07 bits per heavy atom. The van der Waals surface area contributed by atoms with Gasteiger partial charge in [0.25, 0.3) is 0 Å². The van der Waals surface area contributed by atoms with Crippen molar-refractivity contribution in [1.82, 2.24) is 0 Å². The number of hydrogen-bond donors (Lipinski definition) is 0. The predicted molar refractivity (Wildman–Crippen MR) is 101 cm³/mol. The van der Waals surface area contributed by atoms with Gasteiger partial charge in [0.1, 0.15) is 11.5 Å². The zero-order valence-corrected chi connectivity index (χ0v) is 18.6. The summed E-state index contributed by atoms with van der Waals surface area (Å²) in [5, 5.41) is 0. The van der Waals surface area contributed by atoms with Crippen molar-refractivity contribution >= 4 is 13.6 Å². The van der Waals surface area contributed by atoms with E-state index in [2.05, 4.69) is 0 Å². The molecule has 0 heterocycles. The van der Waals surface area contributed by atoms with Crippen molar-refractivity contribution in [1.29, 1.82) is 0 Å². The second-order valence-corrected chi connectivity index (χ2v) is 7.26. The topological polar surface area (TPSA) is 75.7 Å². The molecule has 0 amide bonds. The molecular formula is C21H18NaO5P. The van der Waals surface area contributed by atoms with Crippen molar-refractivity contribution in [3.8, 4) is 11.5 Å². The fourth-order valence-corrected chi connectivity index (χ4v) is 3.43. The largest absolute Gasteiger partial charge is 1.00 e. The van der Waals surface area contributed by atoms with Gasteiger partial charge in [-0.15, -0.1) is 0 Å². The average Bonchev–Trinajstić information content (AvgIpc) is 2.62. The molecule has 0 aliphatic rings. The number of phosphoric ester groups is 1. The van der Waals surface area contributed by atoms with Crippen LogP contribution >= 0.6 is 7.82 Å². The van der Waals surface area contributed by atoms with Gasteiger partial charge in [-0.1, -0.05) is 48.5 Å². The summed E-state index contributed by atoms with van der Waals surface area (Å²) in [6.07, 6.45) is 0.277. The molecule has 0 bridgehead atoms. The van der Waals surface area contributed by atoms with E-state index in [-0.39, 0.29) is 53.3 Å². The maximum Gasteiger partial charge on any atom is 1.00 e. The normalized spacial score (nSPS) is 12.4. The predicted octanol–water partition coefficient (Wildman–Crippen LogP) is 1.35. The maximum atomic E-state index is 12.5. The van der Waals surface area contributed by atoms with Crippen LogP contribution in [0.25, 0.3) is 0 Å². The molecule has 0 saturated heterocycles. The van der Waals surface area contributed by atoms with Crippen LogP contribution in [0.5, 0.6) is 11.5 Å². The van der Waals surface area contributed by atoms with E-state index in [4.69, 9.17) is 9.05 Å². The number of carbonyl (C=O) groups is 1. The van der Waals surface area contributed by atoms with E-state index in [0.717, 1.165) is 5.56 Å². The molecule has 3 aromatic carbocycles. The van der Waals surface area contributed by atoms with Gasteiger partial charge in [-0.3, -0.25) is 4.79 Å². The summed E-state index contributed by atoms with van der Waals surface area (Å²) < 4.78 is 22.0. The van der Waals surface area contributed by atoms with Crippen molar-refractivity contribution in [2.45, 2.75) is 13.3 Å². The molecule has 0 saturated carbocycles. The molecule has 0 spiro atoms. The maximum absolute atomic E-state index is 12.5. The van der Waals surface area contributed by atoms with E-state index in [9.17, 15) is 14.3 Å². The zero-order valence-electron chi connectivity index (χ0n) is 15.7. The Kier molecular flexibility index (Phi) is 8.05. The van der Waals surface area contributed by atoms with Gasteiger partial charge in [0.05, 0.1) is 0 Å². The Morgan fingerprint density at radius 2 is 1.46 bits per heavy atom. The fourth-order valence-electron chi connectivity index (χ4n) is 2.64. The summed E-state index contributed by atoms with van der Waals surface area (Å²) >= 11 is 0. The Hall–Kier alpha value is -1.88. The Bertz CT molecular complexity index is 977. The van der Waals surface area contributed by atoms with Crippen LogP contribution in [-0.2, 0) is 11.0 Å². The third-order valence-electron chi connectivity index (χ3n) is 3.88. The van der Waals surface area contributed by atoms with Gasteiger partial charge in [-0.25, -0.2) is 4.57 Å². The Balaban J connectivity index is 0.00000280. The molecule has 1 atom stereocenters. The van der Waals surface area contributed by atoms with Crippen molar-refractivity contribution < 1.29 is 52.9 Å². The summed E-state index contributed by atoms with van der Waals surface area (Å²) in [5.41, 5.74) is 2.08. The van der Waals surface area contributed by atoms with Crippen LogP contribution in [0.2, 0.25) is 0 Å². The number of Topliss-reactive ketones (excluding diaryl/α,β-unsaturated/α-hetero) is 1. The summed E-state index contributed by atoms with van der Waals surface area (Å²) in [5.74, 6) is 0.219. The second-order valence-electron chi connectivity index (χ2n) is 6.01. The summed E-state index contributed by atoms with van der Waals surface area (Å²) in [6, 6.07) is 22.1. The van der Waals surface area contributed by atoms with E-state index in [0.29, 0.717) is 11.1 Å². The van der Waals surface area contributed by atoms with Gasteiger partial charge in [-0.2, -0.15) is 0 Å². The van der Waals surface area contributed by atoms with Crippen LogP contribution in [0.15, 0.2) is 78.9 Å². The molecule has 0 aliphatic carbocycles.